The van der Waals surface area contributed by atoms with Crippen LogP contribution in [0, 0.1) is 0 Å². The van der Waals surface area contributed by atoms with Gasteiger partial charge in [-0.05, 0) is 28.6 Å². The van der Waals surface area contributed by atoms with Crippen LogP contribution in [0.15, 0.2) is 60.7 Å². The molecule has 1 aliphatic rings. The summed E-state index contributed by atoms with van der Waals surface area (Å²) in [6, 6.07) is 19.5. The maximum absolute atomic E-state index is 2.31. The molecule has 1 heterocycles. The van der Waals surface area contributed by atoms with Crippen molar-refractivity contribution >= 4 is 17.0 Å². The number of aryl methyl sites for hydroxylation is 1. The Labute approximate surface area is 112 Å². The Bertz CT molecular complexity index is 792. The smallest absolute Gasteiger partial charge is 0.0480 e. The fourth-order valence-corrected chi connectivity index (χ4v) is 3.12. The summed E-state index contributed by atoms with van der Waals surface area (Å²) in [5, 5.41) is 1.32. The maximum Gasteiger partial charge on any atom is 0.0480 e. The van der Waals surface area contributed by atoms with Crippen molar-refractivity contribution in [3.63, 3.8) is 0 Å². The Morgan fingerprint density at radius 2 is 1.74 bits per heavy atom. The minimum atomic E-state index is 0.383. The van der Waals surface area contributed by atoms with E-state index in [1.807, 2.05) is 0 Å². The first kappa shape index (κ1) is 10.6. The van der Waals surface area contributed by atoms with Crippen LogP contribution >= 0.6 is 0 Å². The van der Waals surface area contributed by atoms with Crippen LogP contribution in [-0.4, -0.2) is 4.57 Å². The highest BCUT2D eigenvalue weighted by Gasteiger charge is 2.21. The van der Waals surface area contributed by atoms with Crippen LogP contribution in [0.1, 0.15) is 22.7 Å². The molecule has 1 heteroatoms. The van der Waals surface area contributed by atoms with Gasteiger partial charge in [0.15, 0.2) is 0 Å². The minimum Gasteiger partial charge on any atom is -0.347 e. The van der Waals surface area contributed by atoms with Gasteiger partial charge in [-0.2, -0.15) is 0 Å². The predicted molar refractivity (Wildman–Crippen MR) is 80.2 cm³/mol. The lowest BCUT2D eigenvalue weighted by Gasteiger charge is -2.12. The van der Waals surface area contributed by atoms with Crippen molar-refractivity contribution in [1.82, 2.24) is 4.57 Å². The number of hydrogen-bond donors (Lipinski definition) is 0. The van der Waals surface area contributed by atoms with E-state index in [0.717, 1.165) is 0 Å². The summed E-state index contributed by atoms with van der Waals surface area (Å²) in [5.74, 6) is 0.383. The summed E-state index contributed by atoms with van der Waals surface area (Å²) in [7, 11) is 2.16. The van der Waals surface area contributed by atoms with Crippen LogP contribution < -0.4 is 0 Å². The lowest BCUT2D eigenvalue weighted by Crippen LogP contribution is -2.02. The van der Waals surface area contributed by atoms with E-state index in [0.29, 0.717) is 5.92 Å². The van der Waals surface area contributed by atoms with Crippen LogP contribution in [0.4, 0.5) is 0 Å². The number of rotatable bonds is 1. The average molecular weight is 245 g/mol. The average Bonchev–Trinajstić information content (AvgIpc) is 3.01. The molecule has 1 atom stereocenters. The second-order valence-electron chi connectivity index (χ2n) is 5.15. The molecule has 1 aromatic heterocycles. The largest absolute Gasteiger partial charge is 0.347 e. The van der Waals surface area contributed by atoms with E-state index in [-0.39, 0.29) is 0 Å². The summed E-state index contributed by atoms with van der Waals surface area (Å²) in [6.07, 6.45) is 4.54. The van der Waals surface area contributed by atoms with E-state index in [2.05, 4.69) is 78.4 Å². The van der Waals surface area contributed by atoms with Crippen molar-refractivity contribution in [2.45, 2.75) is 5.92 Å². The van der Waals surface area contributed by atoms with Gasteiger partial charge in [0.2, 0.25) is 0 Å². The van der Waals surface area contributed by atoms with Crippen molar-refractivity contribution in [1.29, 1.82) is 0 Å². The summed E-state index contributed by atoms with van der Waals surface area (Å²) in [5.41, 5.74) is 5.42. The number of aromatic nitrogens is 1. The third-order valence-corrected chi connectivity index (χ3v) is 4.11. The Hall–Kier alpha value is -2.28. The van der Waals surface area contributed by atoms with Crippen LogP contribution in [0.5, 0.6) is 0 Å². The summed E-state index contributed by atoms with van der Waals surface area (Å²) in [6.45, 7) is 0. The molecule has 4 rings (SSSR count). The molecule has 0 aliphatic heterocycles. The first-order valence-corrected chi connectivity index (χ1v) is 6.66. The number of hydrogen-bond acceptors (Lipinski definition) is 0. The standard InChI is InChI=1S/C18H15N/c1-19-17-9-5-3-7-14(17)12-18(19)16-11-10-13-6-2-4-8-15(13)16/h2-12,16H,1H3. The van der Waals surface area contributed by atoms with Crippen molar-refractivity contribution in [3.05, 3.63) is 77.5 Å². The summed E-state index contributed by atoms with van der Waals surface area (Å²) < 4.78 is 2.31. The highest BCUT2D eigenvalue weighted by Crippen LogP contribution is 2.37. The number of allylic oxidation sites excluding steroid dienone is 1. The quantitative estimate of drug-likeness (QED) is 0.601. The molecule has 1 nitrogen and oxygen atoms in total. The van der Waals surface area contributed by atoms with Crippen LogP contribution in [0.3, 0.4) is 0 Å². The predicted octanol–water partition coefficient (Wildman–Crippen LogP) is 4.34. The summed E-state index contributed by atoms with van der Waals surface area (Å²) >= 11 is 0. The van der Waals surface area contributed by atoms with Crippen molar-refractivity contribution in [2.75, 3.05) is 0 Å². The van der Waals surface area contributed by atoms with Gasteiger partial charge >= 0.3 is 0 Å². The Morgan fingerprint density at radius 1 is 0.947 bits per heavy atom. The minimum absolute atomic E-state index is 0.383. The molecule has 3 aromatic rings. The van der Waals surface area contributed by atoms with Crippen molar-refractivity contribution in [3.8, 4) is 0 Å². The lowest BCUT2D eigenvalue weighted by atomic mass is 9.97. The lowest BCUT2D eigenvalue weighted by molar-refractivity contribution is 0.838. The number of para-hydroxylation sites is 1. The fraction of sp³-hybridized carbons (Fsp3) is 0.111. The van der Waals surface area contributed by atoms with Crippen LogP contribution in [-0.2, 0) is 7.05 Å². The van der Waals surface area contributed by atoms with Gasteiger partial charge in [0.05, 0.1) is 0 Å². The molecular weight excluding hydrogens is 230 g/mol. The van der Waals surface area contributed by atoms with Gasteiger partial charge in [-0.25, -0.2) is 0 Å². The number of nitrogens with zero attached hydrogens (tertiary/aromatic N) is 1. The first-order chi connectivity index (χ1) is 9.34. The van der Waals surface area contributed by atoms with Crippen molar-refractivity contribution < 1.29 is 0 Å². The third kappa shape index (κ3) is 1.48. The Balaban J connectivity index is 1.93. The molecule has 0 fully saturated rings. The molecule has 0 saturated heterocycles. The van der Waals surface area contributed by atoms with Crippen LogP contribution in [0.2, 0.25) is 0 Å². The van der Waals surface area contributed by atoms with E-state index >= 15 is 0 Å². The van der Waals surface area contributed by atoms with Crippen LogP contribution in [0.25, 0.3) is 17.0 Å². The highest BCUT2D eigenvalue weighted by molar-refractivity contribution is 5.82. The SMILES string of the molecule is Cn1c(C2C=Cc3ccccc32)cc2ccccc21. The molecule has 0 bridgehead atoms. The molecule has 1 aliphatic carbocycles. The second kappa shape index (κ2) is 3.86. The van der Waals surface area contributed by atoms with Gasteiger partial charge in [0, 0.05) is 24.2 Å². The zero-order chi connectivity index (χ0) is 12.8. The molecule has 0 amide bonds. The van der Waals surface area contributed by atoms with E-state index in [1.54, 1.807) is 0 Å². The topological polar surface area (TPSA) is 4.93 Å². The number of benzene rings is 2. The summed E-state index contributed by atoms with van der Waals surface area (Å²) in [4.78, 5) is 0. The van der Waals surface area contributed by atoms with Gasteiger partial charge in [0.25, 0.3) is 0 Å². The molecule has 1 unspecified atom stereocenters. The molecule has 2 aromatic carbocycles. The van der Waals surface area contributed by atoms with E-state index < -0.39 is 0 Å². The second-order valence-corrected chi connectivity index (χ2v) is 5.15. The van der Waals surface area contributed by atoms with Crippen molar-refractivity contribution in [2.24, 2.45) is 7.05 Å². The molecule has 0 saturated carbocycles. The fourth-order valence-electron chi connectivity index (χ4n) is 3.12. The van der Waals surface area contributed by atoms with Gasteiger partial charge in [-0.1, -0.05) is 54.6 Å². The van der Waals surface area contributed by atoms with Gasteiger partial charge < -0.3 is 4.57 Å². The molecule has 0 spiro atoms. The molecule has 19 heavy (non-hydrogen) atoms. The van der Waals surface area contributed by atoms with E-state index in [4.69, 9.17) is 0 Å². The molecule has 92 valence electrons. The normalized spacial score (nSPS) is 17.0. The number of fused-ring (bicyclic) bond motifs is 2. The van der Waals surface area contributed by atoms with E-state index in [1.165, 1.54) is 27.7 Å². The zero-order valence-corrected chi connectivity index (χ0v) is 10.9. The van der Waals surface area contributed by atoms with Gasteiger partial charge in [-0.15, -0.1) is 0 Å². The zero-order valence-electron chi connectivity index (χ0n) is 10.9. The highest BCUT2D eigenvalue weighted by atomic mass is 14.9. The monoisotopic (exact) mass is 245 g/mol. The Kier molecular flexibility index (Phi) is 2.16. The Morgan fingerprint density at radius 3 is 2.63 bits per heavy atom. The van der Waals surface area contributed by atoms with Gasteiger partial charge in [0.1, 0.15) is 0 Å². The van der Waals surface area contributed by atoms with E-state index in [9.17, 15) is 0 Å². The molecule has 0 N–H and O–H groups in total. The molecule has 0 radical (unpaired) electrons. The van der Waals surface area contributed by atoms with Gasteiger partial charge in [-0.3, -0.25) is 0 Å². The maximum atomic E-state index is 2.31. The molecular formula is C18H15N. The third-order valence-electron chi connectivity index (χ3n) is 4.11. The first-order valence-electron chi connectivity index (χ1n) is 6.66.